The first-order valence-corrected chi connectivity index (χ1v) is 7.21. The van der Waals surface area contributed by atoms with Gasteiger partial charge in [0.1, 0.15) is 16.9 Å². The van der Waals surface area contributed by atoms with Crippen LogP contribution >= 0.6 is 11.8 Å². The molecule has 1 saturated heterocycles. The van der Waals surface area contributed by atoms with E-state index in [0.29, 0.717) is 18.1 Å². The van der Waals surface area contributed by atoms with E-state index in [9.17, 15) is 8.42 Å². The van der Waals surface area contributed by atoms with E-state index in [4.69, 9.17) is 0 Å². The maximum atomic E-state index is 12.1. The zero-order valence-electron chi connectivity index (χ0n) is 8.34. The van der Waals surface area contributed by atoms with Crippen LogP contribution in [0.25, 0.3) is 0 Å². The second-order valence-corrected chi connectivity index (χ2v) is 6.32. The zero-order chi connectivity index (χ0) is 10.9. The standard InChI is InChI=1S/C8H12N2O3S2/c1-7-8(5-13-9-7)15(11,12)10-3-2-4-14-6-10/h5H,2-4,6H2,1H3. The van der Waals surface area contributed by atoms with Crippen molar-refractivity contribution in [3.8, 4) is 0 Å². The van der Waals surface area contributed by atoms with Crippen LogP contribution in [0.2, 0.25) is 0 Å². The molecule has 2 heterocycles. The Morgan fingerprint density at radius 3 is 2.93 bits per heavy atom. The summed E-state index contributed by atoms with van der Waals surface area (Å²) >= 11 is 1.63. The predicted octanol–water partition coefficient (Wildman–Crippen LogP) is 1.07. The van der Waals surface area contributed by atoms with Gasteiger partial charge in [-0.15, -0.1) is 11.8 Å². The Labute approximate surface area is 92.9 Å². The van der Waals surface area contributed by atoms with Crippen LogP contribution < -0.4 is 0 Å². The molecule has 7 heteroatoms. The molecule has 0 radical (unpaired) electrons. The Kier molecular flexibility index (Phi) is 3.03. The lowest BCUT2D eigenvalue weighted by atomic mass is 10.5. The minimum absolute atomic E-state index is 0.185. The Morgan fingerprint density at radius 2 is 2.40 bits per heavy atom. The molecular weight excluding hydrogens is 236 g/mol. The summed E-state index contributed by atoms with van der Waals surface area (Å²) in [5.41, 5.74) is 0.422. The molecule has 1 aromatic heterocycles. The van der Waals surface area contributed by atoms with Crippen molar-refractivity contribution >= 4 is 21.8 Å². The maximum absolute atomic E-state index is 12.1. The van der Waals surface area contributed by atoms with Crippen LogP contribution in [-0.4, -0.2) is 36.1 Å². The number of rotatable bonds is 2. The molecule has 15 heavy (non-hydrogen) atoms. The van der Waals surface area contributed by atoms with Gasteiger partial charge in [0.15, 0.2) is 0 Å². The second kappa shape index (κ2) is 4.15. The van der Waals surface area contributed by atoms with Crippen molar-refractivity contribution in [1.29, 1.82) is 0 Å². The predicted molar refractivity (Wildman–Crippen MR) is 57.1 cm³/mol. The van der Waals surface area contributed by atoms with Crippen LogP contribution in [0.1, 0.15) is 12.1 Å². The van der Waals surface area contributed by atoms with E-state index in [-0.39, 0.29) is 4.90 Å². The van der Waals surface area contributed by atoms with Crippen LogP contribution in [0.3, 0.4) is 0 Å². The molecule has 1 aliphatic heterocycles. The SMILES string of the molecule is Cc1nocc1S(=O)(=O)N1CCCSC1. The number of hydrogen-bond acceptors (Lipinski definition) is 5. The molecule has 84 valence electrons. The molecule has 1 fully saturated rings. The largest absolute Gasteiger partial charge is 0.363 e. The molecule has 0 aliphatic carbocycles. The molecule has 1 aromatic rings. The summed E-state index contributed by atoms with van der Waals surface area (Å²) in [6, 6.07) is 0. The highest BCUT2D eigenvalue weighted by molar-refractivity contribution is 8.00. The molecule has 0 bridgehead atoms. The number of hydrogen-bond donors (Lipinski definition) is 0. The first-order valence-electron chi connectivity index (χ1n) is 4.61. The molecule has 1 aliphatic rings. The van der Waals surface area contributed by atoms with Gasteiger partial charge in [0.25, 0.3) is 0 Å². The summed E-state index contributed by atoms with van der Waals surface area (Å²) in [6.07, 6.45) is 2.10. The van der Waals surface area contributed by atoms with Crippen LogP contribution in [0.15, 0.2) is 15.7 Å². The molecular formula is C8H12N2O3S2. The van der Waals surface area contributed by atoms with Crippen LogP contribution in [0.5, 0.6) is 0 Å². The third-order valence-corrected chi connectivity index (χ3v) is 5.43. The summed E-state index contributed by atoms with van der Waals surface area (Å²) in [5, 5.41) is 3.59. The van der Waals surface area contributed by atoms with Gasteiger partial charge >= 0.3 is 0 Å². The maximum Gasteiger partial charge on any atom is 0.248 e. The Hall–Kier alpha value is -0.530. The second-order valence-electron chi connectivity index (χ2n) is 3.34. The Morgan fingerprint density at radius 1 is 1.60 bits per heavy atom. The lowest BCUT2D eigenvalue weighted by Gasteiger charge is -2.24. The molecule has 0 aromatic carbocycles. The third kappa shape index (κ3) is 2.04. The van der Waals surface area contributed by atoms with Gasteiger partial charge < -0.3 is 4.52 Å². The quantitative estimate of drug-likeness (QED) is 0.783. The van der Waals surface area contributed by atoms with E-state index in [1.165, 1.54) is 10.6 Å². The molecule has 0 unspecified atom stereocenters. The fraction of sp³-hybridized carbons (Fsp3) is 0.625. The number of aromatic nitrogens is 1. The van der Waals surface area contributed by atoms with Gasteiger partial charge in [-0.2, -0.15) is 4.31 Å². The van der Waals surface area contributed by atoms with E-state index in [2.05, 4.69) is 9.68 Å². The van der Waals surface area contributed by atoms with E-state index in [1.54, 1.807) is 18.7 Å². The van der Waals surface area contributed by atoms with Crippen molar-refractivity contribution in [3.05, 3.63) is 12.0 Å². The van der Waals surface area contributed by atoms with Crippen molar-refractivity contribution in [3.63, 3.8) is 0 Å². The number of thioether (sulfide) groups is 1. The van der Waals surface area contributed by atoms with Crippen LogP contribution in [0, 0.1) is 6.92 Å². The molecule has 0 spiro atoms. The highest BCUT2D eigenvalue weighted by Gasteiger charge is 2.29. The fourth-order valence-electron chi connectivity index (χ4n) is 1.43. The summed E-state index contributed by atoms with van der Waals surface area (Å²) in [7, 11) is -3.39. The van der Waals surface area contributed by atoms with Gasteiger partial charge in [-0.1, -0.05) is 5.16 Å². The molecule has 2 rings (SSSR count). The number of nitrogens with zero attached hydrogens (tertiary/aromatic N) is 2. The van der Waals surface area contributed by atoms with E-state index < -0.39 is 10.0 Å². The fourth-order valence-corrected chi connectivity index (χ4v) is 4.23. The van der Waals surface area contributed by atoms with E-state index >= 15 is 0 Å². The minimum atomic E-state index is -3.39. The topological polar surface area (TPSA) is 63.4 Å². The molecule has 0 N–H and O–H groups in total. The first-order chi connectivity index (χ1) is 7.12. The number of sulfonamides is 1. The van der Waals surface area contributed by atoms with Gasteiger partial charge in [-0.25, -0.2) is 8.42 Å². The molecule has 0 atom stereocenters. The highest BCUT2D eigenvalue weighted by Crippen LogP contribution is 2.24. The van der Waals surface area contributed by atoms with Crippen molar-refractivity contribution in [2.45, 2.75) is 18.2 Å². The third-order valence-electron chi connectivity index (χ3n) is 2.26. The first kappa shape index (κ1) is 11.0. The average molecular weight is 248 g/mol. The monoisotopic (exact) mass is 248 g/mol. The lowest BCUT2D eigenvalue weighted by Crippen LogP contribution is -2.34. The minimum Gasteiger partial charge on any atom is -0.363 e. The van der Waals surface area contributed by atoms with Crippen molar-refractivity contribution in [2.75, 3.05) is 18.2 Å². The smallest absolute Gasteiger partial charge is 0.248 e. The van der Waals surface area contributed by atoms with Gasteiger partial charge in [-0.3, -0.25) is 0 Å². The highest BCUT2D eigenvalue weighted by atomic mass is 32.2. The zero-order valence-corrected chi connectivity index (χ0v) is 9.97. The normalized spacial score (nSPS) is 19.3. The van der Waals surface area contributed by atoms with Gasteiger partial charge in [0, 0.05) is 6.54 Å². The number of aryl methyl sites for hydroxylation is 1. The van der Waals surface area contributed by atoms with Gasteiger partial charge in [0.05, 0.1) is 5.88 Å². The average Bonchev–Trinajstić information content (AvgIpc) is 2.66. The molecule has 0 saturated carbocycles. The summed E-state index contributed by atoms with van der Waals surface area (Å²) in [6.45, 7) is 2.22. The summed E-state index contributed by atoms with van der Waals surface area (Å²) < 4.78 is 30.3. The summed E-state index contributed by atoms with van der Waals surface area (Å²) in [5.74, 6) is 1.54. The molecule has 5 nitrogen and oxygen atoms in total. The van der Waals surface area contributed by atoms with Crippen LogP contribution in [-0.2, 0) is 10.0 Å². The molecule has 0 amide bonds. The lowest BCUT2D eigenvalue weighted by molar-refractivity contribution is 0.412. The van der Waals surface area contributed by atoms with Gasteiger partial charge in [-0.05, 0) is 19.1 Å². The Balaban J connectivity index is 2.30. The van der Waals surface area contributed by atoms with E-state index in [0.717, 1.165) is 12.2 Å². The summed E-state index contributed by atoms with van der Waals surface area (Å²) in [4.78, 5) is 0.185. The van der Waals surface area contributed by atoms with Crippen molar-refractivity contribution < 1.29 is 12.9 Å². The van der Waals surface area contributed by atoms with Gasteiger partial charge in [0.2, 0.25) is 10.0 Å². The van der Waals surface area contributed by atoms with Crippen LogP contribution in [0.4, 0.5) is 0 Å². The van der Waals surface area contributed by atoms with Crippen molar-refractivity contribution in [2.24, 2.45) is 0 Å². The Bertz CT molecular complexity index is 434. The van der Waals surface area contributed by atoms with Crippen molar-refractivity contribution in [1.82, 2.24) is 9.46 Å². The van der Waals surface area contributed by atoms with E-state index in [1.807, 2.05) is 0 Å².